The van der Waals surface area contributed by atoms with Crippen LogP contribution in [0.25, 0.3) is 49.2 Å². The number of hydrogen-bond acceptors (Lipinski definition) is 0. The molecule has 0 spiro atoms. The van der Waals surface area contributed by atoms with Gasteiger partial charge >= 0.3 is 0 Å². The Morgan fingerprint density at radius 3 is 1.73 bits per heavy atom. The van der Waals surface area contributed by atoms with Crippen molar-refractivity contribution in [2.75, 3.05) is 0 Å². The lowest BCUT2D eigenvalue weighted by Crippen LogP contribution is -1.82. The summed E-state index contributed by atoms with van der Waals surface area (Å²) in [6, 6.07) is 41.3. The maximum absolute atomic E-state index is 2.42. The third kappa shape index (κ3) is 3.25. The van der Waals surface area contributed by atoms with Gasteiger partial charge in [0.15, 0.2) is 0 Å². The molecule has 0 amide bonds. The van der Waals surface area contributed by atoms with E-state index in [0.29, 0.717) is 0 Å². The van der Waals surface area contributed by atoms with Gasteiger partial charge in [-0.2, -0.15) is 0 Å². The molecule has 0 unspecified atom stereocenters. The highest BCUT2D eigenvalue weighted by Gasteiger charge is 2.16. The summed E-state index contributed by atoms with van der Waals surface area (Å²) in [4.78, 5) is 0. The fourth-order valence-corrected chi connectivity index (χ4v) is 4.89. The lowest BCUT2D eigenvalue weighted by molar-refractivity contribution is 1.37. The van der Waals surface area contributed by atoms with Crippen LogP contribution in [0.15, 0.2) is 115 Å². The Morgan fingerprint density at radius 2 is 1.00 bits per heavy atom. The van der Waals surface area contributed by atoms with Gasteiger partial charge in [0.25, 0.3) is 0 Å². The summed E-state index contributed by atoms with van der Waals surface area (Å²) in [5.41, 5.74) is 9.07. The fourth-order valence-electron chi connectivity index (χ4n) is 4.89. The average Bonchev–Trinajstić information content (AvgIpc) is 3.37. The van der Waals surface area contributed by atoms with Gasteiger partial charge in [0.1, 0.15) is 0 Å². The molecule has 0 radical (unpaired) electrons. The minimum Gasteiger partial charge on any atom is -0.308 e. The minimum absolute atomic E-state index is 1.27. The standard InChI is InChI=1S/C25H17N.C7H8/c1-16-9-11-17(12-10-16)18-13-14-24-22(15-18)21-7-4-6-20-19-5-2-3-8-23(19)26(24)25(20)21;1-7-5-3-2-4-6-7/h2-15H,1H3;2-6H,1H3. The number of hydrogen-bond donors (Lipinski definition) is 0. The maximum Gasteiger partial charge on any atom is 0.0620 e. The van der Waals surface area contributed by atoms with Crippen molar-refractivity contribution in [2.45, 2.75) is 13.8 Å². The molecule has 2 aromatic heterocycles. The Hall–Kier alpha value is -4.10. The second-order valence-electron chi connectivity index (χ2n) is 8.81. The quantitative estimate of drug-likeness (QED) is 0.248. The van der Waals surface area contributed by atoms with Crippen LogP contribution < -0.4 is 0 Å². The predicted octanol–water partition coefficient (Wildman–Crippen LogP) is 8.81. The van der Waals surface area contributed by atoms with Gasteiger partial charge in [0.05, 0.1) is 16.6 Å². The van der Waals surface area contributed by atoms with Crippen LogP contribution in [0, 0.1) is 13.8 Å². The highest BCUT2D eigenvalue weighted by molar-refractivity contribution is 6.23. The monoisotopic (exact) mass is 423 g/mol. The lowest BCUT2D eigenvalue weighted by Gasteiger charge is -2.04. The van der Waals surface area contributed by atoms with Crippen LogP contribution in [0.5, 0.6) is 0 Å². The van der Waals surface area contributed by atoms with Gasteiger partial charge < -0.3 is 4.40 Å². The Balaban J connectivity index is 0.000000255. The summed E-state index contributed by atoms with van der Waals surface area (Å²) in [6.45, 7) is 4.21. The lowest BCUT2D eigenvalue weighted by atomic mass is 10.0. The van der Waals surface area contributed by atoms with E-state index in [2.05, 4.69) is 115 Å². The molecule has 0 saturated carbocycles. The van der Waals surface area contributed by atoms with E-state index in [4.69, 9.17) is 0 Å². The number of aromatic nitrogens is 1. The van der Waals surface area contributed by atoms with E-state index in [1.54, 1.807) is 0 Å². The second kappa shape index (κ2) is 7.79. The van der Waals surface area contributed by atoms with E-state index < -0.39 is 0 Å². The van der Waals surface area contributed by atoms with Gasteiger partial charge in [-0.25, -0.2) is 0 Å². The molecule has 1 heteroatoms. The van der Waals surface area contributed by atoms with E-state index in [0.717, 1.165) is 0 Å². The van der Waals surface area contributed by atoms with E-state index in [9.17, 15) is 0 Å². The van der Waals surface area contributed by atoms with Gasteiger partial charge in [-0.1, -0.05) is 108 Å². The molecule has 7 rings (SSSR count). The summed E-state index contributed by atoms with van der Waals surface area (Å²) in [6.07, 6.45) is 0. The molecule has 2 heterocycles. The number of rotatable bonds is 1. The zero-order valence-corrected chi connectivity index (χ0v) is 18.9. The van der Waals surface area contributed by atoms with Gasteiger partial charge in [-0.3, -0.25) is 0 Å². The molecule has 7 aromatic rings. The van der Waals surface area contributed by atoms with Crippen molar-refractivity contribution in [1.82, 2.24) is 4.40 Å². The largest absolute Gasteiger partial charge is 0.308 e. The van der Waals surface area contributed by atoms with Crippen LogP contribution in [0.1, 0.15) is 11.1 Å². The van der Waals surface area contributed by atoms with Gasteiger partial charge in [0, 0.05) is 21.5 Å². The molecule has 0 saturated heterocycles. The summed E-state index contributed by atoms with van der Waals surface area (Å²) in [7, 11) is 0. The van der Waals surface area contributed by atoms with Crippen LogP contribution in [0.4, 0.5) is 0 Å². The van der Waals surface area contributed by atoms with Gasteiger partial charge in [-0.05, 0) is 43.2 Å². The van der Waals surface area contributed by atoms with Crippen molar-refractivity contribution in [3.63, 3.8) is 0 Å². The summed E-state index contributed by atoms with van der Waals surface area (Å²) in [5.74, 6) is 0. The molecule has 0 N–H and O–H groups in total. The average molecular weight is 424 g/mol. The molecule has 0 bridgehead atoms. The molecule has 33 heavy (non-hydrogen) atoms. The summed E-state index contributed by atoms with van der Waals surface area (Å²) >= 11 is 0. The molecule has 0 fully saturated rings. The molecular formula is C32H25N. The molecule has 0 aliphatic carbocycles. The Kier molecular flexibility index (Phi) is 4.62. The van der Waals surface area contributed by atoms with Gasteiger partial charge in [0.2, 0.25) is 0 Å². The normalized spacial score (nSPS) is 11.3. The molecular weight excluding hydrogens is 398 g/mol. The highest BCUT2D eigenvalue weighted by Crippen LogP contribution is 2.39. The minimum atomic E-state index is 1.27. The number of fused-ring (bicyclic) bond motifs is 6. The van der Waals surface area contributed by atoms with E-state index in [1.165, 1.54) is 60.3 Å². The Labute approximate surface area is 193 Å². The first-order valence-corrected chi connectivity index (χ1v) is 11.5. The van der Waals surface area contributed by atoms with Crippen LogP contribution in [-0.2, 0) is 0 Å². The van der Waals surface area contributed by atoms with Crippen molar-refractivity contribution >= 4 is 38.1 Å². The van der Waals surface area contributed by atoms with Crippen LogP contribution in [0.3, 0.4) is 0 Å². The molecule has 0 aliphatic rings. The van der Waals surface area contributed by atoms with E-state index in [-0.39, 0.29) is 0 Å². The first-order chi connectivity index (χ1) is 16.2. The fraction of sp³-hybridized carbons (Fsp3) is 0.0625. The first kappa shape index (κ1) is 19.6. The number of benzene rings is 5. The topological polar surface area (TPSA) is 4.41 Å². The SMILES string of the molecule is Cc1ccc(-c2ccc3c(c2)c2cccc4c5ccccc5n3c42)cc1.Cc1ccccc1. The van der Waals surface area contributed by atoms with Crippen molar-refractivity contribution in [2.24, 2.45) is 0 Å². The molecule has 0 aliphatic heterocycles. The van der Waals surface area contributed by atoms with Crippen molar-refractivity contribution in [1.29, 1.82) is 0 Å². The first-order valence-electron chi connectivity index (χ1n) is 11.5. The molecule has 0 atom stereocenters. The summed E-state index contributed by atoms with van der Waals surface area (Å²) in [5, 5.41) is 5.33. The van der Waals surface area contributed by atoms with E-state index in [1.807, 2.05) is 18.2 Å². The third-order valence-corrected chi connectivity index (χ3v) is 6.55. The van der Waals surface area contributed by atoms with Crippen LogP contribution in [0.2, 0.25) is 0 Å². The Bertz CT molecular complexity index is 1700. The Morgan fingerprint density at radius 1 is 0.424 bits per heavy atom. The molecule has 158 valence electrons. The van der Waals surface area contributed by atoms with Crippen LogP contribution >= 0.6 is 0 Å². The zero-order valence-electron chi connectivity index (χ0n) is 18.9. The van der Waals surface area contributed by atoms with Crippen molar-refractivity contribution in [3.8, 4) is 11.1 Å². The van der Waals surface area contributed by atoms with Crippen molar-refractivity contribution < 1.29 is 0 Å². The van der Waals surface area contributed by atoms with Crippen molar-refractivity contribution in [3.05, 3.63) is 126 Å². The zero-order chi connectivity index (χ0) is 22.4. The summed E-state index contributed by atoms with van der Waals surface area (Å²) < 4.78 is 2.42. The molecule has 5 aromatic carbocycles. The molecule has 1 nitrogen and oxygen atoms in total. The second-order valence-corrected chi connectivity index (χ2v) is 8.81. The third-order valence-electron chi connectivity index (χ3n) is 6.55. The number of aryl methyl sites for hydroxylation is 2. The number of para-hydroxylation sites is 2. The highest BCUT2D eigenvalue weighted by atomic mass is 14.9. The smallest absolute Gasteiger partial charge is 0.0620 e. The van der Waals surface area contributed by atoms with Gasteiger partial charge in [-0.15, -0.1) is 0 Å². The number of nitrogens with zero attached hydrogens (tertiary/aromatic N) is 1. The van der Waals surface area contributed by atoms with E-state index >= 15 is 0 Å². The maximum atomic E-state index is 2.42. The van der Waals surface area contributed by atoms with Crippen LogP contribution in [-0.4, -0.2) is 4.40 Å². The predicted molar refractivity (Wildman–Crippen MR) is 142 cm³/mol.